The molecule has 0 atom stereocenters. The maximum Gasteiger partial charge on any atom is 0.179 e. The maximum absolute atomic E-state index is 12.5. The molecule has 0 unspecified atom stereocenters. The van der Waals surface area contributed by atoms with Crippen molar-refractivity contribution < 1.29 is 13.2 Å². The molecule has 0 aromatic heterocycles. The quantitative estimate of drug-likeness (QED) is 0.438. The van der Waals surface area contributed by atoms with Gasteiger partial charge in [0.25, 0.3) is 0 Å². The van der Waals surface area contributed by atoms with Gasteiger partial charge in [-0.15, -0.1) is 0 Å². The molecule has 0 aliphatic heterocycles. The first-order valence-electron chi connectivity index (χ1n) is 9.38. The summed E-state index contributed by atoms with van der Waals surface area (Å²) in [6, 6.07) is 12.9. The van der Waals surface area contributed by atoms with Gasteiger partial charge in [0, 0.05) is 23.8 Å². The normalized spacial score (nSPS) is 11.4. The van der Waals surface area contributed by atoms with Crippen LogP contribution in [0, 0.1) is 0 Å². The SMILES string of the molecule is CCCCN(CCCC)c1cc(Br)cc(S(C)(=O)=O)c1Oc1ccccc1. The first-order valence-corrected chi connectivity index (χ1v) is 12.1. The maximum atomic E-state index is 12.5. The average molecular weight is 454 g/mol. The van der Waals surface area contributed by atoms with Gasteiger partial charge in [0.1, 0.15) is 10.6 Å². The number of anilines is 1. The van der Waals surface area contributed by atoms with Gasteiger partial charge >= 0.3 is 0 Å². The molecule has 27 heavy (non-hydrogen) atoms. The third-order valence-electron chi connectivity index (χ3n) is 4.27. The van der Waals surface area contributed by atoms with E-state index in [0.29, 0.717) is 11.5 Å². The monoisotopic (exact) mass is 453 g/mol. The van der Waals surface area contributed by atoms with Crippen molar-refractivity contribution in [1.29, 1.82) is 0 Å². The lowest BCUT2D eigenvalue weighted by Gasteiger charge is -2.28. The first kappa shape index (κ1) is 21.8. The Balaban J connectivity index is 2.60. The highest BCUT2D eigenvalue weighted by Gasteiger charge is 2.23. The molecular formula is C21H28BrNO3S. The molecule has 2 aromatic carbocycles. The van der Waals surface area contributed by atoms with Gasteiger partial charge in [0.15, 0.2) is 15.6 Å². The number of nitrogens with zero attached hydrogens (tertiary/aromatic N) is 1. The second-order valence-corrected chi connectivity index (χ2v) is 9.53. The fourth-order valence-electron chi connectivity index (χ4n) is 2.82. The van der Waals surface area contributed by atoms with E-state index in [9.17, 15) is 8.42 Å². The number of hydrogen-bond donors (Lipinski definition) is 0. The van der Waals surface area contributed by atoms with Crippen molar-refractivity contribution in [2.45, 2.75) is 44.4 Å². The van der Waals surface area contributed by atoms with Gasteiger partial charge < -0.3 is 9.64 Å². The van der Waals surface area contributed by atoms with E-state index in [4.69, 9.17) is 4.74 Å². The number of halogens is 1. The molecule has 0 spiro atoms. The van der Waals surface area contributed by atoms with Crippen LogP contribution in [0.25, 0.3) is 0 Å². The van der Waals surface area contributed by atoms with Crippen LogP contribution in [0.5, 0.6) is 11.5 Å². The van der Waals surface area contributed by atoms with Crippen LogP contribution in [0.15, 0.2) is 51.8 Å². The number of hydrogen-bond acceptors (Lipinski definition) is 4. The van der Waals surface area contributed by atoms with Gasteiger partial charge in [-0.1, -0.05) is 60.8 Å². The summed E-state index contributed by atoms with van der Waals surface area (Å²) in [5, 5.41) is 0. The number of benzene rings is 2. The van der Waals surface area contributed by atoms with E-state index in [2.05, 4.69) is 34.7 Å². The van der Waals surface area contributed by atoms with Gasteiger partial charge in [0.2, 0.25) is 0 Å². The van der Waals surface area contributed by atoms with Crippen LogP contribution in [0.4, 0.5) is 5.69 Å². The molecule has 148 valence electrons. The lowest BCUT2D eigenvalue weighted by molar-refractivity contribution is 0.465. The van der Waals surface area contributed by atoms with Crippen LogP contribution in [0.3, 0.4) is 0 Å². The summed E-state index contributed by atoms with van der Waals surface area (Å²) in [7, 11) is -3.45. The molecule has 0 heterocycles. The number of unbranched alkanes of at least 4 members (excludes halogenated alkanes) is 2. The zero-order valence-corrected chi connectivity index (χ0v) is 18.6. The van der Waals surface area contributed by atoms with Crippen LogP contribution < -0.4 is 9.64 Å². The summed E-state index contributed by atoms with van der Waals surface area (Å²) in [5.74, 6) is 1.02. The summed E-state index contributed by atoms with van der Waals surface area (Å²) < 4.78 is 31.8. The smallest absolute Gasteiger partial charge is 0.179 e. The third kappa shape index (κ3) is 6.25. The average Bonchev–Trinajstić information content (AvgIpc) is 2.63. The second kappa shape index (κ2) is 10.1. The van der Waals surface area contributed by atoms with Crippen LogP contribution in [0.1, 0.15) is 39.5 Å². The molecular weight excluding hydrogens is 426 g/mol. The molecule has 0 fully saturated rings. The predicted octanol–water partition coefficient (Wildman–Crippen LogP) is 6.05. The number of rotatable bonds is 10. The summed E-state index contributed by atoms with van der Waals surface area (Å²) in [4.78, 5) is 2.44. The Morgan fingerprint density at radius 1 is 1.00 bits per heavy atom. The van der Waals surface area contributed by atoms with Crippen molar-refractivity contribution in [2.24, 2.45) is 0 Å². The van der Waals surface area contributed by atoms with Crippen LogP contribution in [0.2, 0.25) is 0 Å². The van der Waals surface area contributed by atoms with Crippen LogP contribution >= 0.6 is 15.9 Å². The van der Waals surface area contributed by atoms with Crippen molar-refractivity contribution in [3.63, 3.8) is 0 Å². The van der Waals surface area contributed by atoms with Gasteiger partial charge in [0.05, 0.1) is 5.69 Å². The minimum atomic E-state index is -3.45. The van der Waals surface area contributed by atoms with E-state index >= 15 is 0 Å². The summed E-state index contributed by atoms with van der Waals surface area (Å²) >= 11 is 3.48. The fourth-order valence-corrected chi connectivity index (χ4v) is 4.25. The molecule has 6 heteroatoms. The Kier molecular flexibility index (Phi) is 8.17. The highest BCUT2D eigenvalue weighted by atomic mass is 79.9. The zero-order chi connectivity index (χ0) is 19.9. The fraction of sp³-hybridized carbons (Fsp3) is 0.429. The molecule has 2 aromatic rings. The number of ether oxygens (including phenoxy) is 1. The highest BCUT2D eigenvalue weighted by molar-refractivity contribution is 9.10. The second-order valence-electron chi connectivity index (χ2n) is 6.63. The Morgan fingerprint density at radius 3 is 2.11 bits per heavy atom. The molecule has 0 saturated carbocycles. The largest absolute Gasteiger partial charge is 0.454 e. The van der Waals surface area contributed by atoms with Crippen LogP contribution in [-0.2, 0) is 9.84 Å². The van der Waals surface area contributed by atoms with E-state index in [1.54, 1.807) is 6.07 Å². The third-order valence-corrected chi connectivity index (χ3v) is 5.83. The Labute approximate surface area is 171 Å². The Bertz CT molecular complexity index is 830. The van der Waals surface area contributed by atoms with Crippen molar-refractivity contribution in [3.05, 3.63) is 46.9 Å². The minimum Gasteiger partial charge on any atom is -0.454 e. The van der Waals surface area contributed by atoms with E-state index in [0.717, 1.165) is 48.9 Å². The Morgan fingerprint density at radius 2 is 1.59 bits per heavy atom. The summed E-state index contributed by atoms with van der Waals surface area (Å²) in [5.41, 5.74) is 0.815. The van der Waals surface area contributed by atoms with E-state index in [1.165, 1.54) is 6.26 Å². The lowest BCUT2D eigenvalue weighted by Crippen LogP contribution is -2.26. The molecule has 0 saturated heterocycles. The standard InChI is InChI=1S/C21H28BrNO3S/c1-4-6-13-23(14-7-5-2)19-15-17(22)16-20(27(3,24)25)21(19)26-18-11-9-8-10-12-18/h8-12,15-16H,4-7,13-14H2,1-3H3. The van der Waals surface area contributed by atoms with Crippen molar-refractivity contribution >= 4 is 31.5 Å². The molecule has 0 amide bonds. The van der Waals surface area contributed by atoms with Gasteiger partial charge in [-0.3, -0.25) is 0 Å². The van der Waals surface area contributed by atoms with Crippen molar-refractivity contribution in [2.75, 3.05) is 24.2 Å². The molecule has 0 N–H and O–H groups in total. The first-order chi connectivity index (χ1) is 12.9. The molecule has 0 radical (unpaired) electrons. The number of sulfone groups is 1. The molecule has 2 rings (SSSR count). The molecule has 0 aliphatic carbocycles. The van der Waals surface area contributed by atoms with Crippen molar-refractivity contribution in [1.82, 2.24) is 0 Å². The predicted molar refractivity (Wildman–Crippen MR) is 116 cm³/mol. The highest BCUT2D eigenvalue weighted by Crippen LogP contribution is 2.41. The summed E-state index contributed by atoms with van der Waals surface area (Å²) in [6.45, 7) is 6.03. The minimum absolute atomic E-state index is 0.203. The summed E-state index contributed by atoms with van der Waals surface area (Å²) in [6.07, 6.45) is 5.44. The van der Waals surface area contributed by atoms with Crippen molar-refractivity contribution in [3.8, 4) is 11.5 Å². The molecule has 0 aliphatic rings. The van der Waals surface area contributed by atoms with E-state index in [1.807, 2.05) is 36.4 Å². The van der Waals surface area contributed by atoms with Gasteiger partial charge in [-0.25, -0.2) is 8.42 Å². The topological polar surface area (TPSA) is 46.6 Å². The molecule has 0 bridgehead atoms. The lowest BCUT2D eigenvalue weighted by atomic mass is 10.2. The zero-order valence-electron chi connectivity index (χ0n) is 16.2. The Hall–Kier alpha value is -1.53. The molecule has 4 nitrogen and oxygen atoms in total. The van der Waals surface area contributed by atoms with Crippen LogP contribution in [-0.4, -0.2) is 27.8 Å². The van der Waals surface area contributed by atoms with E-state index in [-0.39, 0.29) is 4.90 Å². The van der Waals surface area contributed by atoms with Gasteiger partial charge in [-0.05, 0) is 37.1 Å². The number of para-hydroxylation sites is 1. The van der Waals surface area contributed by atoms with E-state index < -0.39 is 9.84 Å². The van der Waals surface area contributed by atoms with Gasteiger partial charge in [-0.2, -0.15) is 0 Å².